The molecular weight excluding hydrogens is 294 g/mol. The predicted molar refractivity (Wildman–Crippen MR) is 87.5 cm³/mol. The summed E-state index contributed by atoms with van der Waals surface area (Å²) in [5.74, 6) is -0.787. The molecule has 2 atom stereocenters. The summed E-state index contributed by atoms with van der Waals surface area (Å²) in [5, 5.41) is 12.2. The molecule has 0 spiro atoms. The number of hydrogen-bond acceptors (Lipinski definition) is 5. The summed E-state index contributed by atoms with van der Waals surface area (Å²) in [7, 11) is 3.64. The Balaban J connectivity index is 2.62. The third kappa shape index (κ3) is 5.51. The van der Waals surface area contributed by atoms with Gasteiger partial charge in [0.2, 0.25) is 0 Å². The van der Waals surface area contributed by atoms with Crippen LogP contribution in [0.2, 0.25) is 0 Å². The summed E-state index contributed by atoms with van der Waals surface area (Å²) in [6.45, 7) is 3.56. The number of ether oxygens (including phenoxy) is 1. The van der Waals surface area contributed by atoms with Crippen LogP contribution in [-0.2, 0) is 14.3 Å². The van der Waals surface area contributed by atoms with Crippen molar-refractivity contribution < 1.29 is 14.3 Å². The number of rotatable bonds is 7. The number of nitrogens with zero attached hydrogens (tertiary/aromatic N) is 2. The fraction of sp³-hybridized carbons (Fsp3) is 0.824. The number of hydrogen-bond donors (Lipinski definition) is 1. The minimum absolute atomic E-state index is 0.352. The quantitative estimate of drug-likeness (QED) is 0.725. The van der Waals surface area contributed by atoms with E-state index in [9.17, 15) is 14.9 Å². The highest BCUT2D eigenvalue weighted by Gasteiger charge is 2.36. The molecule has 6 nitrogen and oxygen atoms in total. The molecule has 0 aromatic heterocycles. The van der Waals surface area contributed by atoms with Gasteiger partial charge in [-0.1, -0.05) is 32.6 Å². The van der Waals surface area contributed by atoms with Gasteiger partial charge >= 0.3 is 5.97 Å². The number of amides is 1. The monoisotopic (exact) mass is 323 g/mol. The van der Waals surface area contributed by atoms with E-state index < -0.39 is 23.5 Å². The summed E-state index contributed by atoms with van der Waals surface area (Å²) in [6, 6.07) is 1.89. The average Bonchev–Trinajstić information content (AvgIpc) is 2.52. The lowest BCUT2D eigenvalue weighted by molar-refractivity contribution is -0.160. The number of likely N-dealkylation sites (N-methyl/N-ethyl adjacent to an activating group) is 1. The van der Waals surface area contributed by atoms with Crippen LogP contribution in [0.1, 0.15) is 58.8 Å². The summed E-state index contributed by atoms with van der Waals surface area (Å²) >= 11 is 0. The van der Waals surface area contributed by atoms with E-state index in [2.05, 4.69) is 11.4 Å². The van der Waals surface area contributed by atoms with Crippen LogP contribution in [0.4, 0.5) is 0 Å². The maximum absolute atomic E-state index is 12.3. The Bertz CT molecular complexity index is 450. The molecule has 0 radical (unpaired) electrons. The van der Waals surface area contributed by atoms with Crippen LogP contribution in [0.15, 0.2) is 0 Å². The SMILES string of the molecule is CCC[C@H](C(=O)O[C@H](C)C(=O)NC1(C#N)CCCCC1)N(C)C. The van der Waals surface area contributed by atoms with Crippen molar-refractivity contribution in [2.45, 2.75) is 76.5 Å². The van der Waals surface area contributed by atoms with Gasteiger partial charge in [-0.3, -0.25) is 14.5 Å². The zero-order valence-corrected chi connectivity index (χ0v) is 14.7. The average molecular weight is 323 g/mol. The van der Waals surface area contributed by atoms with E-state index in [4.69, 9.17) is 4.74 Å². The van der Waals surface area contributed by atoms with Gasteiger partial charge < -0.3 is 10.1 Å². The molecular formula is C17H29N3O3. The zero-order chi connectivity index (χ0) is 17.5. The van der Waals surface area contributed by atoms with Crippen molar-refractivity contribution in [1.82, 2.24) is 10.2 Å². The van der Waals surface area contributed by atoms with Gasteiger partial charge in [-0.2, -0.15) is 5.26 Å². The molecule has 0 unspecified atom stereocenters. The van der Waals surface area contributed by atoms with Crippen LogP contribution in [0.5, 0.6) is 0 Å². The fourth-order valence-electron chi connectivity index (χ4n) is 2.92. The van der Waals surface area contributed by atoms with Gasteiger partial charge in [0, 0.05) is 0 Å². The van der Waals surface area contributed by atoms with Gasteiger partial charge in [-0.15, -0.1) is 0 Å². The Morgan fingerprint density at radius 1 is 1.30 bits per heavy atom. The molecule has 0 aromatic rings. The minimum atomic E-state index is -0.894. The Kier molecular flexibility index (Phi) is 7.50. The van der Waals surface area contributed by atoms with Crippen molar-refractivity contribution >= 4 is 11.9 Å². The highest BCUT2D eigenvalue weighted by molar-refractivity contribution is 5.85. The standard InChI is InChI=1S/C17H29N3O3/c1-5-9-14(20(3)4)16(22)23-13(2)15(21)19-17(12-18)10-7-6-8-11-17/h13-14H,5-11H2,1-4H3,(H,19,21)/t13-,14-/m1/s1. The van der Waals surface area contributed by atoms with Crippen molar-refractivity contribution in [1.29, 1.82) is 5.26 Å². The Morgan fingerprint density at radius 3 is 2.39 bits per heavy atom. The second-order valence-corrected chi connectivity index (χ2v) is 6.59. The molecule has 1 aliphatic rings. The second kappa shape index (κ2) is 8.88. The van der Waals surface area contributed by atoms with E-state index in [0.717, 1.165) is 25.7 Å². The molecule has 1 saturated carbocycles. The van der Waals surface area contributed by atoms with Gasteiger partial charge in [0.1, 0.15) is 11.6 Å². The highest BCUT2D eigenvalue weighted by atomic mass is 16.5. The lowest BCUT2D eigenvalue weighted by Gasteiger charge is -2.32. The first kappa shape index (κ1) is 19.4. The smallest absolute Gasteiger partial charge is 0.324 e. The van der Waals surface area contributed by atoms with Crippen LogP contribution in [0.25, 0.3) is 0 Å². The van der Waals surface area contributed by atoms with Crippen molar-refractivity contribution in [2.24, 2.45) is 0 Å². The lowest BCUT2D eigenvalue weighted by Crippen LogP contribution is -2.52. The van der Waals surface area contributed by atoms with Gasteiger partial charge in [-0.25, -0.2) is 0 Å². The molecule has 6 heteroatoms. The van der Waals surface area contributed by atoms with Gasteiger partial charge in [0.25, 0.3) is 5.91 Å². The van der Waals surface area contributed by atoms with Gasteiger partial charge in [-0.05, 0) is 40.3 Å². The first-order valence-corrected chi connectivity index (χ1v) is 8.45. The third-order valence-corrected chi connectivity index (χ3v) is 4.40. The van der Waals surface area contributed by atoms with E-state index in [0.29, 0.717) is 19.3 Å². The molecule has 0 heterocycles. The molecule has 0 aromatic carbocycles. The Hall–Kier alpha value is -1.61. The summed E-state index contributed by atoms with van der Waals surface area (Å²) in [4.78, 5) is 26.3. The van der Waals surface area contributed by atoms with Crippen LogP contribution in [0, 0.1) is 11.3 Å². The van der Waals surface area contributed by atoms with E-state index in [1.807, 2.05) is 21.0 Å². The summed E-state index contributed by atoms with van der Waals surface area (Å²) in [5.41, 5.74) is -0.805. The topological polar surface area (TPSA) is 82.4 Å². The number of carbonyl (C=O) groups is 2. The van der Waals surface area contributed by atoms with E-state index in [1.165, 1.54) is 0 Å². The third-order valence-electron chi connectivity index (χ3n) is 4.40. The van der Waals surface area contributed by atoms with Gasteiger partial charge in [0.05, 0.1) is 6.07 Å². The molecule has 1 fully saturated rings. The predicted octanol–water partition coefficient (Wildman–Crippen LogP) is 1.99. The van der Waals surface area contributed by atoms with Crippen LogP contribution >= 0.6 is 0 Å². The number of esters is 1. The molecule has 23 heavy (non-hydrogen) atoms. The molecule has 1 rings (SSSR count). The second-order valence-electron chi connectivity index (χ2n) is 6.59. The largest absolute Gasteiger partial charge is 0.451 e. The maximum Gasteiger partial charge on any atom is 0.324 e. The highest BCUT2D eigenvalue weighted by Crippen LogP contribution is 2.27. The van der Waals surface area contributed by atoms with Crippen molar-refractivity contribution in [2.75, 3.05) is 14.1 Å². The molecule has 0 bridgehead atoms. The molecule has 0 saturated heterocycles. The van der Waals surface area contributed by atoms with E-state index >= 15 is 0 Å². The summed E-state index contributed by atoms with van der Waals surface area (Å²) in [6.07, 6.45) is 4.92. The van der Waals surface area contributed by atoms with Crippen LogP contribution in [-0.4, -0.2) is 48.6 Å². The summed E-state index contributed by atoms with van der Waals surface area (Å²) < 4.78 is 5.32. The van der Waals surface area contributed by atoms with Crippen molar-refractivity contribution in [3.05, 3.63) is 0 Å². The number of nitriles is 1. The Morgan fingerprint density at radius 2 is 1.91 bits per heavy atom. The van der Waals surface area contributed by atoms with Crippen molar-refractivity contribution in [3.8, 4) is 6.07 Å². The van der Waals surface area contributed by atoms with E-state index in [-0.39, 0.29) is 6.04 Å². The molecule has 1 N–H and O–H groups in total. The first-order chi connectivity index (χ1) is 10.8. The normalized spacial score (nSPS) is 19.5. The minimum Gasteiger partial charge on any atom is -0.451 e. The maximum atomic E-state index is 12.3. The first-order valence-electron chi connectivity index (χ1n) is 8.45. The molecule has 130 valence electrons. The zero-order valence-electron chi connectivity index (χ0n) is 14.7. The Labute approximate surface area is 139 Å². The van der Waals surface area contributed by atoms with Gasteiger partial charge in [0.15, 0.2) is 6.10 Å². The fourth-order valence-corrected chi connectivity index (χ4v) is 2.92. The molecule has 1 aliphatic carbocycles. The van der Waals surface area contributed by atoms with Crippen molar-refractivity contribution in [3.63, 3.8) is 0 Å². The molecule has 1 amide bonds. The lowest BCUT2D eigenvalue weighted by atomic mass is 9.83. The van der Waals surface area contributed by atoms with E-state index in [1.54, 1.807) is 11.8 Å². The number of carbonyl (C=O) groups excluding carboxylic acids is 2. The van der Waals surface area contributed by atoms with Crippen LogP contribution < -0.4 is 5.32 Å². The van der Waals surface area contributed by atoms with Crippen LogP contribution in [0.3, 0.4) is 0 Å². The molecule has 0 aliphatic heterocycles. The number of nitrogens with one attached hydrogen (secondary N) is 1.